The van der Waals surface area contributed by atoms with E-state index in [1.807, 2.05) is 0 Å². The third-order valence-electron chi connectivity index (χ3n) is 4.68. The smallest absolute Gasteiger partial charge is 0.0707 e. The Balaban J connectivity index is 1.65. The Morgan fingerprint density at radius 2 is 1.86 bits per heavy atom. The summed E-state index contributed by atoms with van der Waals surface area (Å²) in [4.78, 5) is 2.60. The molecule has 2 aliphatic heterocycles. The summed E-state index contributed by atoms with van der Waals surface area (Å²) in [6.45, 7) is 8.76. The summed E-state index contributed by atoms with van der Waals surface area (Å²) in [5.41, 5.74) is 2.74. The summed E-state index contributed by atoms with van der Waals surface area (Å²) in [5.74, 6) is 0. The van der Waals surface area contributed by atoms with Crippen molar-refractivity contribution in [1.82, 2.24) is 10.2 Å². The van der Waals surface area contributed by atoms with Crippen LogP contribution in [0.4, 0.5) is 0 Å². The van der Waals surface area contributed by atoms with E-state index in [2.05, 4.69) is 48.3 Å². The highest BCUT2D eigenvalue weighted by molar-refractivity contribution is 5.24. The molecule has 3 heteroatoms. The molecule has 0 aliphatic carbocycles. The van der Waals surface area contributed by atoms with E-state index in [9.17, 15) is 0 Å². The number of nitrogens with one attached hydrogen (secondary N) is 1. The van der Waals surface area contributed by atoms with Gasteiger partial charge in [-0.3, -0.25) is 4.90 Å². The summed E-state index contributed by atoms with van der Waals surface area (Å²) in [6.07, 6.45) is 4.64. The monoisotopic (exact) mass is 288 g/mol. The van der Waals surface area contributed by atoms with Gasteiger partial charge in [0.1, 0.15) is 0 Å². The van der Waals surface area contributed by atoms with E-state index in [0.717, 1.165) is 26.2 Å². The number of hydrogen-bond donors (Lipinski definition) is 1. The Kier molecular flexibility index (Phi) is 4.94. The van der Waals surface area contributed by atoms with Crippen molar-refractivity contribution in [2.45, 2.75) is 51.4 Å². The first kappa shape index (κ1) is 15.0. The summed E-state index contributed by atoms with van der Waals surface area (Å²) < 4.78 is 5.95. The zero-order valence-electron chi connectivity index (χ0n) is 13.3. The van der Waals surface area contributed by atoms with Crippen LogP contribution in [0.2, 0.25) is 0 Å². The lowest BCUT2D eigenvalue weighted by Crippen LogP contribution is -2.46. The molecule has 21 heavy (non-hydrogen) atoms. The molecule has 1 N–H and O–H groups in total. The fourth-order valence-corrected chi connectivity index (χ4v) is 3.51. The molecule has 0 saturated carbocycles. The van der Waals surface area contributed by atoms with Crippen LogP contribution >= 0.6 is 0 Å². The number of nitrogens with zero attached hydrogens (tertiary/aromatic N) is 1. The molecule has 2 aliphatic rings. The molecule has 0 radical (unpaired) electrons. The standard InChI is InChI=1S/C18H28N2O/c1-3-10-19-18(15-6-4-14(2)5-7-15)13-20-11-16-8-9-17(12-20)21-16/h4-7,16-19H,3,8-13H2,1-2H3. The Hall–Kier alpha value is -0.900. The zero-order chi connectivity index (χ0) is 14.7. The molecule has 2 heterocycles. The van der Waals surface area contributed by atoms with E-state index in [1.165, 1.54) is 30.4 Å². The molecule has 1 aromatic carbocycles. The van der Waals surface area contributed by atoms with Crippen molar-refractivity contribution in [3.8, 4) is 0 Å². The number of hydrogen-bond acceptors (Lipinski definition) is 3. The molecular formula is C18H28N2O. The number of ether oxygens (including phenoxy) is 1. The molecule has 0 spiro atoms. The van der Waals surface area contributed by atoms with Crippen molar-refractivity contribution >= 4 is 0 Å². The number of morpholine rings is 1. The van der Waals surface area contributed by atoms with E-state index in [0.29, 0.717) is 18.2 Å². The summed E-state index contributed by atoms with van der Waals surface area (Å²) >= 11 is 0. The number of fused-ring (bicyclic) bond motifs is 2. The topological polar surface area (TPSA) is 24.5 Å². The Bertz CT molecular complexity index is 433. The fourth-order valence-electron chi connectivity index (χ4n) is 3.51. The largest absolute Gasteiger partial charge is 0.372 e. The van der Waals surface area contributed by atoms with Crippen LogP contribution in [0, 0.1) is 6.92 Å². The molecular weight excluding hydrogens is 260 g/mol. The van der Waals surface area contributed by atoms with Crippen LogP contribution in [0.1, 0.15) is 43.4 Å². The van der Waals surface area contributed by atoms with Gasteiger partial charge >= 0.3 is 0 Å². The highest BCUT2D eigenvalue weighted by Crippen LogP contribution is 2.27. The van der Waals surface area contributed by atoms with E-state index < -0.39 is 0 Å². The van der Waals surface area contributed by atoms with Crippen molar-refractivity contribution < 1.29 is 4.74 Å². The first-order chi connectivity index (χ1) is 10.2. The van der Waals surface area contributed by atoms with Gasteiger partial charge in [-0.25, -0.2) is 0 Å². The number of benzene rings is 1. The van der Waals surface area contributed by atoms with Crippen molar-refractivity contribution in [2.24, 2.45) is 0 Å². The molecule has 0 aromatic heterocycles. The van der Waals surface area contributed by atoms with E-state index in [1.54, 1.807) is 0 Å². The van der Waals surface area contributed by atoms with Crippen LogP contribution in [0.25, 0.3) is 0 Å². The molecule has 3 unspecified atom stereocenters. The van der Waals surface area contributed by atoms with Crippen LogP contribution < -0.4 is 5.32 Å². The van der Waals surface area contributed by atoms with Crippen molar-refractivity contribution in [1.29, 1.82) is 0 Å². The summed E-state index contributed by atoms with van der Waals surface area (Å²) in [7, 11) is 0. The Morgan fingerprint density at radius 3 is 2.48 bits per heavy atom. The minimum absolute atomic E-state index is 0.433. The van der Waals surface area contributed by atoms with Crippen LogP contribution in [0.15, 0.2) is 24.3 Å². The molecule has 2 saturated heterocycles. The van der Waals surface area contributed by atoms with Gasteiger partial charge in [-0.2, -0.15) is 0 Å². The van der Waals surface area contributed by atoms with Crippen LogP contribution in [0.3, 0.4) is 0 Å². The van der Waals surface area contributed by atoms with Crippen LogP contribution in [0.5, 0.6) is 0 Å². The molecule has 116 valence electrons. The maximum atomic E-state index is 5.95. The Labute approximate surface area is 128 Å². The van der Waals surface area contributed by atoms with E-state index in [4.69, 9.17) is 4.74 Å². The lowest BCUT2D eigenvalue weighted by atomic mass is 10.0. The molecule has 1 aromatic rings. The number of likely N-dealkylation sites (tertiary alicyclic amines) is 1. The van der Waals surface area contributed by atoms with E-state index >= 15 is 0 Å². The zero-order valence-corrected chi connectivity index (χ0v) is 13.3. The molecule has 3 atom stereocenters. The Morgan fingerprint density at radius 1 is 1.19 bits per heavy atom. The van der Waals surface area contributed by atoms with Crippen molar-refractivity contribution in [2.75, 3.05) is 26.2 Å². The molecule has 3 rings (SSSR count). The molecule has 2 fully saturated rings. The second-order valence-electron chi connectivity index (χ2n) is 6.59. The molecule has 0 amide bonds. The third-order valence-corrected chi connectivity index (χ3v) is 4.68. The predicted octanol–water partition coefficient (Wildman–Crippen LogP) is 2.90. The van der Waals surface area contributed by atoms with Crippen molar-refractivity contribution in [3.63, 3.8) is 0 Å². The lowest BCUT2D eigenvalue weighted by molar-refractivity contribution is -0.0407. The highest BCUT2D eigenvalue weighted by Gasteiger charge is 2.34. The molecule has 2 bridgehead atoms. The minimum atomic E-state index is 0.433. The van der Waals surface area contributed by atoms with Gasteiger partial charge in [0.2, 0.25) is 0 Å². The van der Waals surface area contributed by atoms with E-state index in [-0.39, 0.29) is 0 Å². The average molecular weight is 288 g/mol. The van der Waals surface area contributed by atoms with Gasteiger partial charge in [0.05, 0.1) is 12.2 Å². The minimum Gasteiger partial charge on any atom is -0.372 e. The third kappa shape index (κ3) is 3.85. The van der Waals surface area contributed by atoms with Crippen LogP contribution in [-0.4, -0.2) is 43.3 Å². The van der Waals surface area contributed by atoms with Crippen LogP contribution in [-0.2, 0) is 4.74 Å². The SMILES string of the molecule is CCCNC(CN1CC2CCC(C1)O2)c1ccc(C)cc1. The molecule has 3 nitrogen and oxygen atoms in total. The second-order valence-corrected chi connectivity index (χ2v) is 6.59. The number of aryl methyl sites for hydroxylation is 1. The summed E-state index contributed by atoms with van der Waals surface area (Å²) in [5, 5.41) is 3.72. The highest BCUT2D eigenvalue weighted by atomic mass is 16.5. The predicted molar refractivity (Wildman–Crippen MR) is 86.5 cm³/mol. The lowest BCUT2D eigenvalue weighted by Gasteiger charge is -2.35. The van der Waals surface area contributed by atoms with Gasteiger partial charge < -0.3 is 10.1 Å². The van der Waals surface area contributed by atoms with Gasteiger partial charge in [0, 0.05) is 25.7 Å². The fraction of sp³-hybridized carbons (Fsp3) is 0.667. The first-order valence-electron chi connectivity index (χ1n) is 8.42. The maximum absolute atomic E-state index is 5.95. The maximum Gasteiger partial charge on any atom is 0.0707 e. The average Bonchev–Trinajstić information content (AvgIpc) is 2.83. The van der Waals surface area contributed by atoms with Gasteiger partial charge in [-0.05, 0) is 38.3 Å². The first-order valence-corrected chi connectivity index (χ1v) is 8.42. The normalized spacial score (nSPS) is 27.0. The quantitative estimate of drug-likeness (QED) is 0.871. The van der Waals surface area contributed by atoms with Crippen molar-refractivity contribution in [3.05, 3.63) is 35.4 Å². The van der Waals surface area contributed by atoms with Gasteiger partial charge in [0.15, 0.2) is 0 Å². The second kappa shape index (κ2) is 6.91. The van der Waals surface area contributed by atoms with Gasteiger partial charge in [-0.1, -0.05) is 36.8 Å². The number of rotatable bonds is 6. The van der Waals surface area contributed by atoms with Gasteiger partial charge in [0.25, 0.3) is 0 Å². The van der Waals surface area contributed by atoms with Gasteiger partial charge in [-0.15, -0.1) is 0 Å². The summed E-state index contributed by atoms with van der Waals surface area (Å²) in [6, 6.07) is 9.43.